The Bertz CT molecular complexity index is 810. The summed E-state index contributed by atoms with van der Waals surface area (Å²) in [4.78, 5) is 4.62. The first kappa shape index (κ1) is 21.8. The summed E-state index contributed by atoms with van der Waals surface area (Å²) in [6, 6.07) is 13.9. The molecule has 7 heteroatoms. The lowest BCUT2D eigenvalue weighted by Gasteiger charge is -2.31. The van der Waals surface area contributed by atoms with Crippen molar-refractivity contribution in [2.75, 3.05) is 51.8 Å². The molecule has 0 amide bonds. The molecular formula is C22H28ClN3O2S. The fourth-order valence-electron chi connectivity index (χ4n) is 3.23. The molecule has 5 nitrogen and oxygen atoms in total. The van der Waals surface area contributed by atoms with E-state index < -0.39 is 0 Å². The number of rotatable bonds is 7. The third-order valence-corrected chi connectivity index (χ3v) is 5.89. The highest BCUT2D eigenvalue weighted by Gasteiger charge is 2.16. The molecule has 0 bridgehead atoms. The Kier molecular flexibility index (Phi) is 8.12. The quantitative estimate of drug-likeness (QED) is 0.660. The van der Waals surface area contributed by atoms with Gasteiger partial charge in [0, 0.05) is 43.4 Å². The molecule has 0 spiro atoms. The average molecular weight is 434 g/mol. The Balaban J connectivity index is 1.70. The van der Waals surface area contributed by atoms with Crippen LogP contribution in [0.5, 0.6) is 5.75 Å². The van der Waals surface area contributed by atoms with Gasteiger partial charge in [0.15, 0.2) is 5.11 Å². The van der Waals surface area contributed by atoms with Crippen LogP contribution in [0.1, 0.15) is 11.1 Å². The Morgan fingerprint density at radius 1 is 1.21 bits per heavy atom. The molecule has 0 aromatic heterocycles. The third kappa shape index (κ3) is 6.31. The van der Waals surface area contributed by atoms with Crippen LogP contribution in [0, 0.1) is 6.92 Å². The number of nitrogens with one attached hydrogen (secondary N) is 1. The molecule has 29 heavy (non-hydrogen) atoms. The van der Waals surface area contributed by atoms with Crippen LogP contribution in [-0.4, -0.2) is 61.4 Å². The summed E-state index contributed by atoms with van der Waals surface area (Å²) in [6.07, 6.45) is 0. The molecule has 1 heterocycles. The van der Waals surface area contributed by atoms with E-state index in [1.54, 1.807) is 7.11 Å². The maximum Gasteiger partial charge on any atom is 0.173 e. The second-order valence-electron chi connectivity index (χ2n) is 7.07. The average Bonchev–Trinajstić information content (AvgIpc) is 2.75. The second-order valence-corrected chi connectivity index (χ2v) is 7.86. The number of anilines is 1. The lowest BCUT2D eigenvalue weighted by Crippen LogP contribution is -2.44. The van der Waals surface area contributed by atoms with Gasteiger partial charge in [0.1, 0.15) is 5.75 Å². The van der Waals surface area contributed by atoms with E-state index in [2.05, 4.69) is 27.2 Å². The lowest BCUT2D eigenvalue weighted by molar-refractivity contribution is 0.0358. The molecule has 2 aromatic carbocycles. The largest absolute Gasteiger partial charge is 0.497 e. The predicted octanol–water partition coefficient (Wildman–Crippen LogP) is 4.19. The van der Waals surface area contributed by atoms with E-state index in [0.29, 0.717) is 5.11 Å². The lowest BCUT2D eigenvalue weighted by atomic mass is 10.2. The molecular weight excluding hydrogens is 406 g/mol. The van der Waals surface area contributed by atoms with Gasteiger partial charge in [-0.25, -0.2) is 0 Å². The summed E-state index contributed by atoms with van der Waals surface area (Å²) in [7, 11) is 1.68. The van der Waals surface area contributed by atoms with Crippen molar-refractivity contribution in [2.24, 2.45) is 0 Å². The summed E-state index contributed by atoms with van der Waals surface area (Å²) < 4.78 is 10.7. The number of benzene rings is 2. The number of thiocarbonyl (C=S) groups is 1. The molecule has 1 aliphatic heterocycles. The predicted molar refractivity (Wildman–Crippen MR) is 123 cm³/mol. The van der Waals surface area contributed by atoms with Crippen molar-refractivity contribution in [3.05, 3.63) is 58.6 Å². The minimum Gasteiger partial charge on any atom is -0.497 e. The van der Waals surface area contributed by atoms with Gasteiger partial charge in [0.25, 0.3) is 0 Å². The van der Waals surface area contributed by atoms with Crippen molar-refractivity contribution in [3.63, 3.8) is 0 Å². The smallest absolute Gasteiger partial charge is 0.173 e. The van der Waals surface area contributed by atoms with Crippen molar-refractivity contribution < 1.29 is 9.47 Å². The highest BCUT2D eigenvalue weighted by Crippen LogP contribution is 2.23. The fraction of sp³-hybridized carbons (Fsp3) is 0.409. The van der Waals surface area contributed by atoms with Crippen LogP contribution in [-0.2, 0) is 11.3 Å². The standard InChI is InChI=1S/C22H28ClN3O2S/c1-17-20(23)4-3-5-21(17)24-22(29)26(11-10-25-12-14-28-15-13-25)16-18-6-8-19(27-2)9-7-18/h3-9H,10-16H2,1-2H3,(H,24,29). The van der Waals surface area contributed by atoms with E-state index in [0.717, 1.165) is 68.0 Å². The molecule has 1 N–H and O–H groups in total. The summed E-state index contributed by atoms with van der Waals surface area (Å²) in [5, 5.41) is 4.81. The number of hydrogen-bond donors (Lipinski definition) is 1. The molecule has 3 rings (SSSR count). The Morgan fingerprint density at radius 3 is 2.62 bits per heavy atom. The number of methoxy groups -OCH3 is 1. The number of morpholine rings is 1. The van der Waals surface area contributed by atoms with Gasteiger partial charge in [-0.15, -0.1) is 0 Å². The van der Waals surface area contributed by atoms with Crippen molar-refractivity contribution in [2.45, 2.75) is 13.5 Å². The van der Waals surface area contributed by atoms with Crippen LogP contribution < -0.4 is 10.1 Å². The second kappa shape index (κ2) is 10.8. The van der Waals surface area contributed by atoms with E-state index in [9.17, 15) is 0 Å². The van der Waals surface area contributed by atoms with E-state index in [1.165, 1.54) is 5.56 Å². The van der Waals surface area contributed by atoms with Gasteiger partial charge >= 0.3 is 0 Å². The van der Waals surface area contributed by atoms with Crippen LogP contribution in [0.25, 0.3) is 0 Å². The maximum atomic E-state index is 6.27. The molecule has 0 atom stereocenters. The molecule has 0 aliphatic carbocycles. The van der Waals surface area contributed by atoms with Crippen molar-refractivity contribution in [1.29, 1.82) is 0 Å². The van der Waals surface area contributed by atoms with Gasteiger partial charge in [-0.2, -0.15) is 0 Å². The number of halogens is 1. The first-order chi connectivity index (χ1) is 14.1. The minimum atomic E-state index is 0.694. The molecule has 1 saturated heterocycles. The first-order valence-corrected chi connectivity index (χ1v) is 10.6. The van der Waals surface area contributed by atoms with E-state index in [4.69, 9.17) is 33.3 Å². The summed E-state index contributed by atoms with van der Waals surface area (Å²) in [5.74, 6) is 0.851. The first-order valence-electron chi connectivity index (χ1n) is 9.81. The Morgan fingerprint density at radius 2 is 1.93 bits per heavy atom. The van der Waals surface area contributed by atoms with Crippen LogP contribution >= 0.6 is 23.8 Å². The zero-order valence-corrected chi connectivity index (χ0v) is 18.6. The van der Waals surface area contributed by atoms with Crippen LogP contribution in [0.15, 0.2) is 42.5 Å². The summed E-state index contributed by atoms with van der Waals surface area (Å²) in [6.45, 7) is 8.00. The zero-order chi connectivity index (χ0) is 20.6. The molecule has 2 aromatic rings. The summed E-state index contributed by atoms with van der Waals surface area (Å²) in [5.41, 5.74) is 3.11. The van der Waals surface area contributed by atoms with Gasteiger partial charge in [-0.05, 0) is 54.5 Å². The molecule has 1 aliphatic rings. The van der Waals surface area contributed by atoms with Gasteiger partial charge in [-0.1, -0.05) is 29.8 Å². The van der Waals surface area contributed by atoms with Crippen molar-refractivity contribution in [3.8, 4) is 5.75 Å². The topological polar surface area (TPSA) is 37.0 Å². The van der Waals surface area contributed by atoms with Gasteiger partial charge < -0.3 is 19.7 Å². The van der Waals surface area contributed by atoms with E-state index in [1.807, 2.05) is 37.3 Å². The van der Waals surface area contributed by atoms with Gasteiger partial charge in [0.2, 0.25) is 0 Å². The zero-order valence-electron chi connectivity index (χ0n) is 17.0. The van der Waals surface area contributed by atoms with Gasteiger partial charge in [0.05, 0.1) is 20.3 Å². The minimum absolute atomic E-state index is 0.694. The van der Waals surface area contributed by atoms with E-state index >= 15 is 0 Å². The summed E-state index contributed by atoms with van der Waals surface area (Å²) >= 11 is 12.0. The van der Waals surface area contributed by atoms with Crippen molar-refractivity contribution >= 4 is 34.6 Å². The highest BCUT2D eigenvalue weighted by atomic mass is 35.5. The highest BCUT2D eigenvalue weighted by molar-refractivity contribution is 7.80. The molecule has 0 unspecified atom stereocenters. The molecule has 0 saturated carbocycles. The normalized spacial score (nSPS) is 14.4. The van der Waals surface area contributed by atoms with Gasteiger partial charge in [-0.3, -0.25) is 4.90 Å². The molecule has 1 fully saturated rings. The number of ether oxygens (including phenoxy) is 2. The number of nitrogens with zero attached hydrogens (tertiary/aromatic N) is 2. The Labute approximate surface area is 183 Å². The third-order valence-electron chi connectivity index (χ3n) is 5.12. The van der Waals surface area contributed by atoms with Crippen LogP contribution in [0.4, 0.5) is 5.69 Å². The Hall–Kier alpha value is -1.86. The van der Waals surface area contributed by atoms with Crippen LogP contribution in [0.2, 0.25) is 5.02 Å². The number of hydrogen-bond acceptors (Lipinski definition) is 4. The van der Waals surface area contributed by atoms with Crippen molar-refractivity contribution in [1.82, 2.24) is 9.80 Å². The molecule has 156 valence electrons. The monoisotopic (exact) mass is 433 g/mol. The van der Waals surface area contributed by atoms with E-state index in [-0.39, 0.29) is 0 Å². The fourth-order valence-corrected chi connectivity index (χ4v) is 3.67. The van der Waals surface area contributed by atoms with Crippen LogP contribution in [0.3, 0.4) is 0 Å². The maximum absolute atomic E-state index is 6.27. The molecule has 0 radical (unpaired) electrons. The SMILES string of the molecule is COc1ccc(CN(CCN2CCOCC2)C(=S)Nc2cccc(Cl)c2C)cc1.